The molecule has 0 unspecified atom stereocenters. The van der Waals surface area contributed by atoms with Gasteiger partial charge in [-0.2, -0.15) is 0 Å². The third-order valence-electron chi connectivity index (χ3n) is 1.63. The predicted octanol–water partition coefficient (Wildman–Crippen LogP) is 1.60. The van der Waals surface area contributed by atoms with Crippen LogP contribution >= 0.6 is 0 Å². The molecular formula is C9H9FO3. The van der Waals surface area contributed by atoms with E-state index in [0.29, 0.717) is 5.56 Å². The van der Waals surface area contributed by atoms with Crippen LogP contribution in [-0.2, 0) is 9.53 Å². The second kappa shape index (κ2) is 4.00. The first-order valence-corrected chi connectivity index (χ1v) is 3.66. The molecule has 0 aliphatic rings. The lowest BCUT2D eigenvalue weighted by atomic mass is 10.1. The SMILES string of the molecule is CO[C@@H](C(=O)O)c1ccc(F)cc1. The molecule has 3 nitrogen and oxygen atoms in total. The van der Waals surface area contributed by atoms with Crippen LogP contribution < -0.4 is 0 Å². The fourth-order valence-electron chi connectivity index (χ4n) is 1.02. The molecule has 0 aromatic heterocycles. The van der Waals surface area contributed by atoms with Gasteiger partial charge >= 0.3 is 5.97 Å². The van der Waals surface area contributed by atoms with E-state index in [-0.39, 0.29) is 0 Å². The second-order valence-corrected chi connectivity index (χ2v) is 2.51. The van der Waals surface area contributed by atoms with Gasteiger partial charge in [-0.1, -0.05) is 12.1 Å². The number of aliphatic carboxylic acids is 1. The third kappa shape index (κ3) is 2.26. The van der Waals surface area contributed by atoms with Crippen molar-refractivity contribution in [3.05, 3.63) is 35.6 Å². The molecule has 4 heteroatoms. The molecule has 0 saturated carbocycles. The Hall–Kier alpha value is -1.42. The van der Waals surface area contributed by atoms with E-state index in [4.69, 9.17) is 9.84 Å². The maximum atomic E-state index is 12.5. The molecule has 0 bridgehead atoms. The van der Waals surface area contributed by atoms with Gasteiger partial charge in [-0.3, -0.25) is 0 Å². The van der Waals surface area contributed by atoms with E-state index in [9.17, 15) is 9.18 Å². The Morgan fingerprint density at radius 2 is 2.00 bits per heavy atom. The maximum absolute atomic E-state index is 12.5. The second-order valence-electron chi connectivity index (χ2n) is 2.51. The number of halogens is 1. The quantitative estimate of drug-likeness (QED) is 0.776. The molecular weight excluding hydrogens is 175 g/mol. The van der Waals surface area contributed by atoms with Gasteiger partial charge in [0.2, 0.25) is 0 Å². The van der Waals surface area contributed by atoms with Crippen molar-refractivity contribution in [2.75, 3.05) is 7.11 Å². The number of ether oxygens (including phenoxy) is 1. The summed E-state index contributed by atoms with van der Waals surface area (Å²) >= 11 is 0. The number of carbonyl (C=O) groups is 1. The zero-order chi connectivity index (χ0) is 9.84. The Balaban J connectivity index is 2.92. The molecule has 0 radical (unpaired) electrons. The normalized spacial score (nSPS) is 12.5. The van der Waals surface area contributed by atoms with Crippen molar-refractivity contribution in [3.8, 4) is 0 Å². The van der Waals surface area contributed by atoms with Crippen LogP contribution in [-0.4, -0.2) is 18.2 Å². The summed E-state index contributed by atoms with van der Waals surface area (Å²) in [6.45, 7) is 0. The third-order valence-corrected chi connectivity index (χ3v) is 1.63. The molecule has 13 heavy (non-hydrogen) atoms. The number of hydrogen-bond donors (Lipinski definition) is 1. The number of hydrogen-bond acceptors (Lipinski definition) is 2. The average Bonchev–Trinajstić information content (AvgIpc) is 2.09. The number of carboxylic acid groups (broad SMARTS) is 1. The van der Waals surface area contributed by atoms with Crippen molar-refractivity contribution in [1.82, 2.24) is 0 Å². The van der Waals surface area contributed by atoms with Crippen LogP contribution in [0, 0.1) is 5.82 Å². The highest BCUT2D eigenvalue weighted by atomic mass is 19.1. The van der Waals surface area contributed by atoms with Gasteiger partial charge in [0, 0.05) is 7.11 Å². The molecule has 1 aromatic rings. The number of rotatable bonds is 3. The van der Waals surface area contributed by atoms with Crippen LogP contribution in [0.3, 0.4) is 0 Å². The first kappa shape index (κ1) is 9.67. The lowest BCUT2D eigenvalue weighted by Gasteiger charge is -2.09. The smallest absolute Gasteiger partial charge is 0.337 e. The van der Waals surface area contributed by atoms with Crippen molar-refractivity contribution < 1.29 is 19.0 Å². The first-order chi connectivity index (χ1) is 6.15. The van der Waals surface area contributed by atoms with E-state index >= 15 is 0 Å². The van der Waals surface area contributed by atoms with Gasteiger partial charge in [0.25, 0.3) is 0 Å². The summed E-state index contributed by atoms with van der Waals surface area (Å²) in [5.41, 5.74) is 0.427. The Morgan fingerprint density at radius 3 is 2.38 bits per heavy atom. The van der Waals surface area contributed by atoms with Gasteiger partial charge < -0.3 is 9.84 Å². The van der Waals surface area contributed by atoms with Crippen molar-refractivity contribution >= 4 is 5.97 Å². The highest BCUT2D eigenvalue weighted by Gasteiger charge is 2.18. The molecule has 0 aliphatic carbocycles. The van der Waals surface area contributed by atoms with E-state index in [2.05, 4.69) is 0 Å². The monoisotopic (exact) mass is 184 g/mol. The molecule has 1 atom stereocenters. The summed E-state index contributed by atoms with van der Waals surface area (Å²) in [7, 11) is 1.29. The Morgan fingerprint density at radius 1 is 1.46 bits per heavy atom. The van der Waals surface area contributed by atoms with Crippen molar-refractivity contribution in [2.24, 2.45) is 0 Å². The molecule has 70 valence electrons. The van der Waals surface area contributed by atoms with Gasteiger partial charge in [-0.25, -0.2) is 9.18 Å². The van der Waals surface area contributed by atoms with Crippen LogP contribution in [0.1, 0.15) is 11.7 Å². The van der Waals surface area contributed by atoms with Crippen molar-refractivity contribution in [3.63, 3.8) is 0 Å². The average molecular weight is 184 g/mol. The van der Waals surface area contributed by atoms with Crippen LogP contribution in [0.15, 0.2) is 24.3 Å². The van der Waals surface area contributed by atoms with E-state index in [1.54, 1.807) is 0 Å². The maximum Gasteiger partial charge on any atom is 0.337 e. The van der Waals surface area contributed by atoms with Crippen molar-refractivity contribution in [1.29, 1.82) is 0 Å². The number of benzene rings is 1. The summed E-state index contributed by atoms with van der Waals surface area (Å²) in [6.07, 6.45) is -1.03. The summed E-state index contributed by atoms with van der Waals surface area (Å²) in [5.74, 6) is -1.49. The molecule has 0 aliphatic heterocycles. The molecule has 1 aromatic carbocycles. The van der Waals surface area contributed by atoms with Gasteiger partial charge in [0.1, 0.15) is 5.82 Å². The molecule has 1 rings (SSSR count). The minimum Gasteiger partial charge on any atom is -0.479 e. The van der Waals surface area contributed by atoms with Gasteiger partial charge in [0.15, 0.2) is 6.10 Å². The van der Waals surface area contributed by atoms with Crippen LogP contribution in [0.4, 0.5) is 4.39 Å². The molecule has 0 fully saturated rings. The largest absolute Gasteiger partial charge is 0.479 e. The van der Waals surface area contributed by atoms with E-state index in [0.717, 1.165) is 0 Å². The minimum absolute atomic E-state index is 0.399. The van der Waals surface area contributed by atoms with Crippen LogP contribution in [0.5, 0.6) is 0 Å². The summed E-state index contributed by atoms with van der Waals surface area (Å²) in [5, 5.41) is 8.68. The minimum atomic E-state index is -1.09. The summed E-state index contributed by atoms with van der Waals surface area (Å²) in [6, 6.07) is 5.17. The fourth-order valence-corrected chi connectivity index (χ4v) is 1.02. The fraction of sp³-hybridized carbons (Fsp3) is 0.222. The molecule has 0 amide bonds. The Labute approximate surface area is 74.8 Å². The topological polar surface area (TPSA) is 46.5 Å². The van der Waals surface area contributed by atoms with E-state index < -0.39 is 17.9 Å². The number of carboxylic acids is 1. The van der Waals surface area contributed by atoms with Crippen LogP contribution in [0.25, 0.3) is 0 Å². The van der Waals surface area contributed by atoms with Crippen molar-refractivity contribution in [2.45, 2.75) is 6.10 Å². The summed E-state index contributed by atoms with van der Waals surface area (Å²) < 4.78 is 17.2. The molecule has 0 spiro atoms. The van der Waals surface area contributed by atoms with E-state index in [1.807, 2.05) is 0 Å². The predicted molar refractivity (Wildman–Crippen MR) is 43.8 cm³/mol. The molecule has 1 N–H and O–H groups in total. The van der Waals surface area contributed by atoms with E-state index in [1.165, 1.54) is 31.4 Å². The highest BCUT2D eigenvalue weighted by Crippen LogP contribution is 2.16. The molecule has 0 saturated heterocycles. The van der Waals surface area contributed by atoms with Gasteiger partial charge in [0.05, 0.1) is 0 Å². The highest BCUT2D eigenvalue weighted by molar-refractivity contribution is 5.74. The Kier molecular flexibility index (Phi) is 2.97. The zero-order valence-electron chi connectivity index (χ0n) is 7.03. The lowest BCUT2D eigenvalue weighted by molar-refractivity contribution is -0.148. The lowest BCUT2D eigenvalue weighted by Crippen LogP contribution is -2.13. The van der Waals surface area contributed by atoms with Crippen LogP contribution in [0.2, 0.25) is 0 Å². The number of methoxy groups -OCH3 is 1. The zero-order valence-corrected chi connectivity index (χ0v) is 7.03. The van der Waals surface area contributed by atoms with Gasteiger partial charge in [-0.15, -0.1) is 0 Å². The molecule has 0 heterocycles. The standard InChI is InChI=1S/C9H9FO3/c1-13-8(9(11)12)6-2-4-7(10)5-3-6/h2-5,8H,1H3,(H,11,12)/t8-/m1/s1. The van der Waals surface area contributed by atoms with Gasteiger partial charge in [-0.05, 0) is 17.7 Å². The summed E-state index contributed by atoms with van der Waals surface area (Å²) in [4.78, 5) is 10.6. The first-order valence-electron chi connectivity index (χ1n) is 3.66. The Bertz CT molecular complexity index is 294.